The molecule has 136 valence electrons. The third kappa shape index (κ3) is 4.67. The zero-order valence-electron chi connectivity index (χ0n) is 14.6. The monoisotopic (exact) mass is 362 g/mol. The molecule has 0 spiro atoms. The Kier molecular flexibility index (Phi) is 5.75. The molecule has 1 amide bonds. The van der Waals surface area contributed by atoms with Crippen molar-refractivity contribution in [3.8, 4) is 23.3 Å². The Labute approximate surface area is 157 Å². The van der Waals surface area contributed by atoms with E-state index in [1.54, 1.807) is 48.5 Å². The van der Waals surface area contributed by atoms with E-state index in [1.807, 2.05) is 6.07 Å². The van der Waals surface area contributed by atoms with Gasteiger partial charge in [0.05, 0.1) is 0 Å². The summed E-state index contributed by atoms with van der Waals surface area (Å²) >= 11 is 0. The van der Waals surface area contributed by atoms with Gasteiger partial charge in [0.15, 0.2) is 11.5 Å². The van der Waals surface area contributed by atoms with Crippen LogP contribution in [0.3, 0.4) is 0 Å². The molecule has 2 aromatic rings. The Hall–Kier alpha value is -3.72. The minimum atomic E-state index is -0.499. The van der Waals surface area contributed by atoms with E-state index in [0.717, 1.165) is 5.56 Å². The number of nitriles is 1. The minimum absolute atomic E-state index is 0.00958. The average molecular weight is 362 g/mol. The molecule has 6 heteroatoms. The fourth-order valence-electron chi connectivity index (χ4n) is 2.45. The van der Waals surface area contributed by atoms with E-state index in [9.17, 15) is 10.1 Å². The molecule has 0 saturated heterocycles. The number of nitrogens with one attached hydrogen (secondary N) is 1. The van der Waals surface area contributed by atoms with Crippen LogP contribution in [-0.2, 0) is 4.79 Å². The highest BCUT2D eigenvalue weighted by Crippen LogP contribution is 2.32. The summed E-state index contributed by atoms with van der Waals surface area (Å²) in [5.74, 6) is 1.39. The Bertz CT molecular complexity index is 911. The van der Waals surface area contributed by atoms with Gasteiger partial charge >= 0.3 is 0 Å². The molecule has 3 rings (SSSR count). The van der Waals surface area contributed by atoms with Crippen molar-refractivity contribution < 1.29 is 19.0 Å². The third-order valence-corrected chi connectivity index (χ3v) is 3.72. The number of ether oxygens (including phenoxy) is 3. The molecule has 1 aliphatic rings. The summed E-state index contributed by atoms with van der Waals surface area (Å²) in [6.07, 6.45) is 3.18. The highest BCUT2D eigenvalue weighted by Gasteiger charge is 2.14. The molecule has 6 nitrogen and oxygen atoms in total. The lowest BCUT2D eigenvalue weighted by Crippen LogP contribution is -2.17. The van der Waals surface area contributed by atoms with Crippen LogP contribution < -0.4 is 19.5 Å². The molecule has 27 heavy (non-hydrogen) atoms. The molecule has 1 aliphatic heterocycles. The second-order valence-electron chi connectivity index (χ2n) is 5.65. The third-order valence-electron chi connectivity index (χ3n) is 3.72. The summed E-state index contributed by atoms with van der Waals surface area (Å²) in [4.78, 5) is 12.4. The van der Waals surface area contributed by atoms with Crippen LogP contribution in [0.5, 0.6) is 17.2 Å². The Balaban J connectivity index is 1.71. The number of hydrogen-bond acceptors (Lipinski definition) is 5. The first-order valence-corrected chi connectivity index (χ1v) is 8.36. The Morgan fingerprint density at radius 2 is 1.93 bits per heavy atom. The largest absolute Gasteiger partial charge is 0.490 e. The maximum Gasteiger partial charge on any atom is 0.266 e. The van der Waals surface area contributed by atoms with Gasteiger partial charge in [0.2, 0.25) is 0 Å². The maximum atomic E-state index is 12.4. The van der Waals surface area contributed by atoms with Crippen LogP contribution in [0, 0.1) is 11.3 Å². The molecule has 0 bridgehead atoms. The van der Waals surface area contributed by atoms with Crippen LogP contribution in [0.4, 0.5) is 5.69 Å². The predicted molar refractivity (Wildman–Crippen MR) is 102 cm³/mol. The van der Waals surface area contributed by atoms with Crippen molar-refractivity contribution in [2.24, 2.45) is 0 Å². The van der Waals surface area contributed by atoms with Gasteiger partial charge in [-0.25, -0.2) is 0 Å². The number of carbonyl (C=O) groups excluding carboxylic acids is 1. The van der Waals surface area contributed by atoms with Crippen molar-refractivity contribution in [3.63, 3.8) is 0 Å². The topological polar surface area (TPSA) is 80.6 Å². The lowest BCUT2D eigenvalue weighted by Gasteiger charge is -2.18. The molecule has 0 aliphatic carbocycles. The number of anilines is 1. The molecule has 0 fully saturated rings. The number of hydrogen-bond donors (Lipinski definition) is 1. The molecule has 2 aromatic carbocycles. The Morgan fingerprint density at radius 3 is 2.63 bits per heavy atom. The van der Waals surface area contributed by atoms with Gasteiger partial charge < -0.3 is 19.5 Å². The van der Waals surface area contributed by atoms with Crippen LogP contribution >= 0.6 is 0 Å². The second kappa shape index (κ2) is 8.59. The maximum absolute atomic E-state index is 12.4. The van der Waals surface area contributed by atoms with Gasteiger partial charge in [0.25, 0.3) is 5.91 Å². The first kappa shape index (κ1) is 18.1. The van der Waals surface area contributed by atoms with Gasteiger partial charge in [0.1, 0.15) is 37.2 Å². The molecule has 0 atom stereocenters. The summed E-state index contributed by atoms with van der Waals surface area (Å²) in [6, 6.07) is 14.1. The minimum Gasteiger partial charge on any atom is -0.490 e. The molecule has 0 aromatic heterocycles. The van der Waals surface area contributed by atoms with Crippen molar-refractivity contribution in [1.82, 2.24) is 0 Å². The first-order chi connectivity index (χ1) is 13.2. The van der Waals surface area contributed by atoms with Gasteiger partial charge in [-0.3, -0.25) is 4.79 Å². The zero-order valence-corrected chi connectivity index (χ0v) is 14.6. The number of carbonyl (C=O) groups is 1. The van der Waals surface area contributed by atoms with Crippen LogP contribution in [0.15, 0.2) is 60.7 Å². The van der Waals surface area contributed by atoms with E-state index in [-0.39, 0.29) is 5.57 Å². The van der Waals surface area contributed by atoms with Gasteiger partial charge in [0, 0.05) is 11.8 Å². The van der Waals surface area contributed by atoms with Gasteiger partial charge in [-0.2, -0.15) is 5.26 Å². The Morgan fingerprint density at radius 1 is 1.19 bits per heavy atom. The molecule has 0 radical (unpaired) electrons. The molecular weight excluding hydrogens is 344 g/mol. The summed E-state index contributed by atoms with van der Waals surface area (Å²) < 4.78 is 16.3. The molecule has 0 saturated carbocycles. The number of rotatable bonds is 6. The number of amides is 1. The van der Waals surface area contributed by atoms with Crippen molar-refractivity contribution >= 4 is 17.7 Å². The fraction of sp³-hybridized carbons (Fsp3) is 0.143. The quantitative estimate of drug-likeness (QED) is 0.483. The van der Waals surface area contributed by atoms with E-state index in [1.165, 1.54) is 6.08 Å². The van der Waals surface area contributed by atoms with Gasteiger partial charge in [-0.15, -0.1) is 0 Å². The average Bonchev–Trinajstić information content (AvgIpc) is 2.71. The highest BCUT2D eigenvalue weighted by molar-refractivity contribution is 6.09. The number of fused-ring (bicyclic) bond motifs is 1. The molecule has 1 heterocycles. The summed E-state index contributed by atoms with van der Waals surface area (Å²) in [6.45, 7) is 4.96. The smallest absolute Gasteiger partial charge is 0.266 e. The van der Waals surface area contributed by atoms with E-state index < -0.39 is 5.91 Å². The SMILES string of the molecule is C=CCOc1ccc(C=C(C#N)C(=O)Nc2ccc3c(c2)OCCO3)cc1. The molecular formula is C21H18N2O4. The summed E-state index contributed by atoms with van der Waals surface area (Å²) in [5, 5.41) is 12.0. The standard InChI is InChI=1S/C21H18N2O4/c1-2-9-25-18-6-3-15(4-7-18)12-16(14-22)21(24)23-17-5-8-19-20(13-17)27-11-10-26-19/h2-8,12-13H,1,9-11H2,(H,23,24). The van der Waals surface area contributed by atoms with E-state index in [4.69, 9.17) is 14.2 Å². The van der Waals surface area contributed by atoms with Crippen molar-refractivity contribution in [2.75, 3.05) is 25.1 Å². The van der Waals surface area contributed by atoms with Crippen molar-refractivity contribution in [2.45, 2.75) is 0 Å². The lowest BCUT2D eigenvalue weighted by atomic mass is 10.1. The van der Waals surface area contributed by atoms with Crippen LogP contribution in [0.2, 0.25) is 0 Å². The van der Waals surface area contributed by atoms with Crippen molar-refractivity contribution in [3.05, 3.63) is 66.3 Å². The van der Waals surface area contributed by atoms with E-state index in [2.05, 4.69) is 11.9 Å². The zero-order chi connectivity index (χ0) is 19.1. The van der Waals surface area contributed by atoms with Crippen LogP contribution in [0.25, 0.3) is 6.08 Å². The normalized spacial score (nSPS) is 12.6. The number of nitrogens with zero attached hydrogens (tertiary/aromatic N) is 1. The van der Waals surface area contributed by atoms with E-state index in [0.29, 0.717) is 42.8 Å². The molecule has 0 unspecified atom stereocenters. The van der Waals surface area contributed by atoms with E-state index >= 15 is 0 Å². The van der Waals surface area contributed by atoms with Crippen molar-refractivity contribution in [1.29, 1.82) is 5.26 Å². The predicted octanol–water partition coefficient (Wildman–Crippen LogP) is 3.57. The number of benzene rings is 2. The second-order valence-corrected chi connectivity index (χ2v) is 5.65. The van der Waals surface area contributed by atoms with Crippen LogP contribution in [0.1, 0.15) is 5.56 Å². The summed E-state index contributed by atoms with van der Waals surface area (Å²) in [7, 11) is 0. The van der Waals surface area contributed by atoms with Crippen LogP contribution in [-0.4, -0.2) is 25.7 Å². The van der Waals surface area contributed by atoms with Gasteiger partial charge in [-0.05, 0) is 35.9 Å². The lowest BCUT2D eigenvalue weighted by molar-refractivity contribution is -0.112. The fourth-order valence-corrected chi connectivity index (χ4v) is 2.45. The first-order valence-electron chi connectivity index (χ1n) is 8.36. The summed E-state index contributed by atoms with van der Waals surface area (Å²) in [5.41, 5.74) is 1.23. The molecule has 1 N–H and O–H groups in total. The van der Waals surface area contributed by atoms with Gasteiger partial charge in [-0.1, -0.05) is 24.8 Å². The highest BCUT2D eigenvalue weighted by atomic mass is 16.6.